The SMILES string of the molecule is Cc1cc(C)c(NC(=O)CN(C)C(=O)Nc2cc(F)ccc2C)c(C)c1. The van der Waals surface area contributed by atoms with Gasteiger partial charge in [0, 0.05) is 18.4 Å². The molecule has 0 fully saturated rings. The van der Waals surface area contributed by atoms with Crippen LogP contribution in [0.3, 0.4) is 0 Å². The minimum atomic E-state index is -0.480. The maximum Gasteiger partial charge on any atom is 0.322 e. The highest BCUT2D eigenvalue weighted by Gasteiger charge is 2.15. The number of amides is 3. The van der Waals surface area contributed by atoms with Gasteiger partial charge in [0.2, 0.25) is 5.91 Å². The highest BCUT2D eigenvalue weighted by molar-refractivity contribution is 5.98. The number of anilines is 2. The largest absolute Gasteiger partial charge is 0.324 e. The Bertz CT molecular complexity index is 826. The number of urea groups is 1. The number of carbonyl (C=O) groups excluding carboxylic acids is 2. The van der Waals surface area contributed by atoms with E-state index in [1.807, 2.05) is 32.9 Å². The smallest absolute Gasteiger partial charge is 0.322 e. The summed E-state index contributed by atoms with van der Waals surface area (Å²) in [5.74, 6) is -0.731. The van der Waals surface area contributed by atoms with Gasteiger partial charge in [-0.25, -0.2) is 9.18 Å². The molecule has 6 heteroatoms. The van der Waals surface area contributed by atoms with E-state index in [0.717, 1.165) is 27.9 Å². The molecule has 0 aliphatic rings. The van der Waals surface area contributed by atoms with Crippen LogP contribution in [0.2, 0.25) is 0 Å². The van der Waals surface area contributed by atoms with Crippen molar-refractivity contribution < 1.29 is 14.0 Å². The molecule has 2 aromatic carbocycles. The molecule has 2 rings (SSSR count). The Morgan fingerprint density at radius 3 is 2.19 bits per heavy atom. The third kappa shape index (κ3) is 4.81. The predicted molar refractivity (Wildman–Crippen MR) is 102 cm³/mol. The lowest BCUT2D eigenvalue weighted by atomic mass is 10.1. The number of halogens is 1. The number of likely N-dealkylation sites (N-methyl/N-ethyl adjacent to an activating group) is 1. The Balaban J connectivity index is 2.00. The summed E-state index contributed by atoms with van der Waals surface area (Å²) in [6.07, 6.45) is 0. The van der Waals surface area contributed by atoms with Crippen LogP contribution in [-0.4, -0.2) is 30.4 Å². The molecule has 0 spiro atoms. The van der Waals surface area contributed by atoms with Gasteiger partial charge >= 0.3 is 6.03 Å². The van der Waals surface area contributed by atoms with E-state index in [9.17, 15) is 14.0 Å². The van der Waals surface area contributed by atoms with E-state index in [1.54, 1.807) is 13.0 Å². The van der Waals surface area contributed by atoms with E-state index in [2.05, 4.69) is 10.6 Å². The van der Waals surface area contributed by atoms with Crippen LogP contribution in [0.1, 0.15) is 22.3 Å². The van der Waals surface area contributed by atoms with E-state index in [0.29, 0.717) is 5.69 Å². The van der Waals surface area contributed by atoms with E-state index in [1.165, 1.54) is 24.1 Å². The van der Waals surface area contributed by atoms with E-state index in [-0.39, 0.29) is 12.5 Å². The van der Waals surface area contributed by atoms with Gasteiger partial charge < -0.3 is 15.5 Å². The summed E-state index contributed by atoms with van der Waals surface area (Å²) in [6, 6.07) is 7.67. The Hall–Kier alpha value is -2.89. The second-order valence-corrected chi connectivity index (χ2v) is 6.57. The molecule has 5 nitrogen and oxygen atoms in total. The number of rotatable bonds is 4. The maximum absolute atomic E-state index is 13.3. The minimum absolute atomic E-state index is 0.118. The number of carbonyl (C=O) groups is 2. The minimum Gasteiger partial charge on any atom is -0.324 e. The van der Waals surface area contributed by atoms with Crippen LogP contribution in [-0.2, 0) is 4.79 Å². The van der Waals surface area contributed by atoms with Crippen molar-refractivity contribution in [2.75, 3.05) is 24.2 Å². The van der Waals surface area contributed by atoms with Crippen molar-refractivity contribution in [2.24, 2.45) is 0 Å². The standard InChI is InChI=1S/C20H24FN3O2/c1-12-8-14(3)19(15(4)9-12)23-18(25)11-24(5)20(26)22-17-10-16(21)7-6-13(17)2/h6-10H,11H2,1-5H3,(H,22,26)(H,23,25). The average Bonchev–Trinajstić information content (AvgIpc) is 2.54. The fourth-order valence-corrected chi connectivity index (χ4v) is 2.78. The van der Waals surface area contributed by atoms with E-state index < -0.39 is 11.8 Å². The molecule has 0 saturated heterocycles. The highest BCUT2D eigenvalue weighted by Crippen LogP contribution is 2.22. The van der Waals surface area contributed by atoms with Crippen LogP contribution in [0.4, 0.5) is 20.6 Å². The number of hydrogen-bond acceptors (Lipinski definition) is 2. The van der Waals surface area contributed by atoms with Crippen molar-refractivity contribution in [3.63, 3.8) is 0 Å². The molecule has 0 bridgehead atoms. The molecule has 0 unspecified atom stereocenters. The monoisotopic (exact) mass is 357 g/mol. The molecular weight excluding hydrogens is 333 g/mol. The van der Waals surface area contributed by atoms with Gasteiger partial charge in [-0.05, 0) is 56.5 Å². The average molecular weight is 357 g/mol. The molecule has 0 atom stereocenters. The number of hydrogen-bond donors (Lipinski definition) is 2. The first-order valence-corrected chi connectivity index (χ1v) is 8.33. The normalized spacial score (nSPS) is 10.4. The molecule has 0 aliphatic carbocycles. The summed E-state index contributed by atoms with van der Waals surface area (Å²) >= 11 is 0. The third-order valence-corrected chi connectivity index (χ3v) is 4.11. The molecule has 3 amide bonds. The van der Waals surface area contributed by atoms with Gasteiger partial charge in [0.15, 0.2) is 0 Å². The van der Waals surface area contributed by atoms with E-state index in [4.69, 9.17) is 0 Å². The Morgan fingerprint density at radius 2 is 1.58 bits per heavy atom. The Kier molecular flexibility index (Phi) is 5.97. The van der Waals surface area contributed by atoms with Crippen LogP contribution >= 0.6 is 0 Å². The van der Waals surface area contributed by atoms with Gasteiger partial charge in [-0.1, -0.05) is 23.8 Å². The van der Waals surface area contributed by atoms with Crippen LogP contribution in [0.15, 0.2) is 30.3 Å². The van der Waals surface area contributed by atoms with Gasteiger partial charge in [-0.3, -0.25) is 4.79 Å². The zero-order valence-electron chi connectivity index (χ0n) is 15.7. The van der Waals surface area contributed by atoms with Crippen LogP contribution in [0.25, 0.3) is 0 Å². The predicted octanol–water partition coefficient (Wildman–Crippen LogP) is 4.16. The van der Waals surface area contributed by atoms with Gasteiger partial charge in [0.1, 0.15) is 12.4 Å². The third-order valence-electron chi connectivity index (χ3n) is 4.11. The number of nitrogens with one attached hydrogen (secondary N) is 2. The van der Waals surface area contributed by atoms with Crippen molar-refractivity contribution in [3.05, 3.63) is 58.4 Å². The zero-order valence-corrected chi connectivity index (χ0v) is 15.7. The summed E-state index contributed by atoms with van der Waals surface area (Å²) in [4.78, 5) is 25.8. The lowest BCUT2D eigenvalue weighted by Gasteiger charge is -2.19. The van der Waals surface area contributed by atoms with Gasteiger partial charge in [-0.15, -0.1) is 0 Å². The summed E-state index contributed by atoms with van der Waals surface area (Å²) in [7, 11) is 1.51. The number of nitrogens with zero attached hydrogens (tertiary/aromatic N) is 1. The van der Waals surface area contributed by atoms with Crippen LogP contribution in [0, 0.1) is 33.5 Å². The maximum atomic E-state index is 13.3. The molecule has 2 aromatic rings. The van der Waals surface area contributed by atoms with Crippen molar-refractivity contribution in [1.82, 2.24) is 4.90 Å². The van der Waals surface area contributed by atoms with Crippen LogP contribution < -0.4 is 10.6 Å². The first-order valence-electron chi connectivity index (χ1n) is 8.33. The molecule has 0 saturated carbocycles. The second kappa shape index (κ2) is 7.99. The number of benzene rings is 2. The first kappa shape index (κ1) is 19.4. The van der Waals surface area contributed by atoms with Gasteiger partial charge in [-0.2, -0.15) is 0 Å². The summed E-state index contributed by atoms with van der Waals surface area (Å²) in [5.41, 5.74) is 4.95. The topological polar surface area (TPSA) is 61.4 Å². The fraction of sp³-hybridized carbons (Fsp3) is 0.300. The molecule has 0 aliphatic heterocycles. The molecule has 0 radical (unpaired) electrons. The fourth-order valence-electron chi connectivity index (χ4n) is 2.78. The Morgan fingerprint density at radius 1 is 0.962 bits per heavy atom. The number of aryl methyl sites for hydroxylation is 4. The summed E-state index contributed by atoms with van der Waals surface area (Å²) < 4.78 is 13.3. The zero-order chi connectivity index (χ0) is 19.4. The quantitative estimate of drug-likeness (QED) is 0.863. The molecule has 0 aromatic heterocycles. The van der Waals surface area contributed by atoms with Crippen molar-refractivity contribution in [2.45, 2.75) is 27.7 Å². The molecular formula is C20H24FN3O2. The van der Waals surface area contributed by atoms with Crippen molar-refractivity contribution in [3.8, 4) is 0 Å². The summed E-state index contributed by atoms with van der Waals surface area (Å²) in [5, 5.41) is 5.47. The molecule has 138 valence electrons. The van der Waals surface area contributed by atoms with Crippen LogP contribution in [0.5, 0.6) is 0 Å². The second-order valence-electron chi connectivity index (χ2n) is 6.57. The van der Waals surface area contributed by atoms with Gasteiger partial charge in [0.05, 0.1) is 0 Å². The molecule has 2 N–H and O–H groups in total. The highest BCUT2D eigenvalue weighted by atomic mass is 19.1. The van der Waals surface area contributed by atoms with Gasteiger partial charge in [0.25, 0.3) is 0 Å². The molecule has 26 heavy (non-hydrogen) atoms. The molecule has 0 heterocycles. The van der Waals surface area contributed by atoms with E-state index >= 15 is 0 Å². The summed E-state index contributed by atoms with van der Waals surface area (Å²) in [6.45, 7) is 7.51. The lowest BCUT2D eigenvalue weighted by molar-refractivity contribution is -0.116. The van der Waals surface area contributed by atoms with Crippen molar-refractivity contribution in [1.29, 1.82) is 0 Å². The Labute approximate surface area is 153 Å². The lowest BCUT2D eigenvalue weighted by Crippen LogP contribution is -2.38. The first-order chi connectivity index (χ1) is 12.2. The van der Waals surface area contributed by atoms with Crippen molar-refractivity contribution >= 4 is 23.3 Å².